The molecule has 0 aromatic heterocycles. The van der Waals surface area contributed by atoms with Gasteiger partial charge < -0.3 is 9.47 Å². The molecule has 1 aliphatic heterocycles. The molecule has 1 fully saturated rings. The van der Waals surface area contributed by atoms with Crippen LogP contribution in [0.5, 0.6) is 0 Å². The SMILES string of the molecule is CCC1CCOC(c2ccc(C#N)c(F)c2)O1. The van der Waals surface area contributed by atoms with Gasteiger partial charge in [0.25, 0.3) is 0 Å². The smallest absolute Gasteiger partial charge is 0.184 e. The molecule has 2 unspecified atom stereocenters. The standard InChI is InChI=1S/C13H14FNO2/c1-2-11-5-6-16-13(17-11)9-3-4-10(8-15)12(14)7-9/h3-4,7,11,13H,2,5-6H2,1H3. The lowest BCUT2D eigenvalue weighted by Crippen LogP contribution is -2.26. The summed E-state index contributed by atoms with van der Waals surface area (Å²) < 4.78 is 24.6. The van der Waals surface area contributed by atoms with E-state index in [1.54, 1.807) is 12.1 Å². The molecule has 0 aliphatic carbocycles. The Bertz CT molecular complexity index is 442. The van der Waals surface area contributed by atoms with E-state index in [-0.39, 0.29) is 11.7 Å². The molecule has 0 bridgehead atoms. The number of benzene rings is 1. The molecule has 0 radical (unpaired) electrons. The lowest BCUT2D eigenvalue weighted by molar-refractivity contribution is -0.217. The zero-order chi connectivity index (χ0) is 12.3. The normalized spacial score (nSPS) is 24.3. The van der Waals surface area contributed by atoms with Gasteiger partial charge in [-0.1, -0.05) is 13.0 Å². The predicted octanol–water partition coefficient (Wildman–Crippen LogP) is 2.91. The second-order valence-corrected chi connectivity index (χ2v) is 4.01. The van der Waals surface area contributed by atoms with Gasteiger partial charge >= 0.3 is 0 Å². The summed E-state index contributed by atoms with van der Waals surface area (Å²) in [5.74, 6) is -0.532. The third-order valence-electron chi connectivity index (χ3n) is 2.87. The van der Waals surface area contributed by atoms with Crippen molar-refractivity contribution in [3.05, 3.63) is 35.1 Å². The second kappa shape index (κ2) is 5.26. The van der Waals surface area contributed by atoms with Gasteiger partial charge in [-0.05, 0) is 25.0 Å². The molecular weight excluding hydrogens is 221 g/mol. The molecule has 1 saturated heterocycles. The van der Waals surface area contributed by atoms with Crippen molar-refractivity contribution < 1.29 is 13.9 Å². The van der Waals surface area contributed by atoms with Gasteiger partial charge in [-0.15, -0.1) is 0 Å². The first-order valence-electron chi connectivity index (χ1n) is 5.71. The first kappa shape index (κ1) is 12.0. The molecule has 0 amide bonds. The van der Waals surface area contributed by atoms with Crippen LogP contribution in [0.25, 0.3) is 0 Å². The maximum Gasteiger partial charge on any atom is 0.184 e. The Labute approximate surface area is 99.8 Å². The lowest BCUT2D eigenvalue weighted by Gasteiger charge is -2.29. The number of hydrogen-bond acceptors (Lipinski definition) is 3. The molecule has 2 atom stereocenters. The molecule has 0 saturated carbocycles. The summed E-state index contributed by atoms with van der Waals surface area (Å²) in [6.45, 7) is 2.66. The fourth-order valence-corrected chi connectivity index (χ4v) is 1.83. The van der Waals surface area contributed by atoms with Crippen LogP contribution in [-0.4, -0.2) is 12.7 Å². The monoisotopic (exact) mass is 235 g/mol. The Hall–Kier alpha value is -1.44. The van der Waals surface area contributed by atoms with Crippen molar-refractivity contribution in [3.63, 3.8) is 0 Å². The van der Waals surface area contributed by atoms with Crippen LogP contribution in [0, 0.1) is 17.1 Å². The van der Waals surface area contributed by atoms with Gasteiger partial charge in [0, 0.05) is 5.56 Å². The molecule has 1 aromatic carbocycles. The van der Waals surface area contributed by atoms with Gasteiger partial charge in [0.05, 0.1) is 18.3 Å². The van der Waals surface area contributed by atoms with Crippen LogP contribution in [0.1, 0.15) is 37.2 Å². The van der Waals surface area contributed by atoms with E-state index >= 15 is 0 Å². The zero-order valence-corrected chi connectivity index (χ0v) is 9.65. The van der Waals surface area contributed by atoms with Gasteiger partial charge in [0.2, 0.25) is 0 Å². The molecule has 0 spiro atoms. The van der Waals surface area contributed by atoms with Gasteiger partial charge in [-0.25, -0.2) is 4.39 Å². The summed E-state index contributed by atoms with van der Waals surface area (Å²) in [7, 11) is 0. The van der Waals surface area contributed by atoms with E-state index in [0.29, 0.717) is 12.2 Å². The quantitative estimate of drug-likeness (QED) is 0.791. The molecule has 0 N–H and O–H groups in total. The highest BCUT2D eigenvalue weighted by molar-refractivity contribution is 5.33. The number of nitriles is 1. The van der Waals surface area contributed by atoms with Crippen LogP contribution >= 0.6 is 0 Å². The molecule has 1 aliphatic rings. The largest absolute Gasteiger partial charge is 0.348 e. The summed E-state index contributed by atoms with van der Waals surface area (Å²) in [6, 6.07) is 6.22. The first-order valence-corrected chi connectivity index (χ1v) is 5.71. The van der Waals surface area contributed by atoms with Crippen molar-refractivity contribution in [3.8, 4) is 6.07 Å². The van der Waals surface area contributed by atoms with Gasteiger partial charge in [0.1, 0.15) is 11.9 Å². The van der Waals surface area contributed by atoms with Crippen molar-refractivity contribution in [2.75, 3.05) is 6.61 Å². The Kier molecular flexibility index (Phi) is 3.72. The van der Waals surface area contributed by atoms with Crippen LogP contribution < -0.4 is 0 Å². The van der Waals surface area contributed by atoms with Crippen LogP contribution in [0.3, 0.4) is 0 Å². The molecule has 90 valence electrons. The number of ether oxygens (including phenoxy) is 2. The lowest BCUT2D eigenvalue weighted by atomic mass is 10.1. The van der Waals surface area contributed by atoms with Gasteiger partial charge in [0.15, 0.2) is 6.29 Å². The zero-order valence-electron chi connectivity index (χ0n) is 9.65. The van der Waals surface area contributed by atoms with Gasteiger partial charge in [-0.2, -0.15) is 5.26 Å². The third kappa shape index (κ3) is 2.63. The first-order chi connectivity index (χ1) is 8.24. The highest BCUT2D eigenvalue weighted by Crippen LogP contribution is 2.28. The molecule has 2 rings (SSSR count). The number of halogens is 1. The minimum absolute atomic E-state index is 0.0385. The minimum atomic E-state index is -0.532. The van der Waals surface area contributed by atoms with Crippen molar-refractivity contribution >= 4 is 0 Å². The summed E-state index contributed by atoms with van der Waals surface area (Å²) in [5, 5.41) is 8.65. The van der Waals surface area contributed by atoms with Crippen molar-refractivity contribution in [1.82, 2.24) is 0 Å². The minimum Gasteiger partial charge on any atom is -0.348 e. The Morgan fingerprint density at radius 2 is 2.35 bits per heavy atom. The Morgan fingerprint density at radius 1 is 1.53 bits per heavy atom. The molecule has 3 nitrogen and oxygen atoms in total. The molecule has 17 heavy (non-hydrogen) atoms. The van der Waals surface area contributed by atoms with E-state index in [9.17, 15) is 4.39 Å². The topological polar surface area (TPSA) is 42.2 Å². The number of nitrogens with zero attached hydrogens (tertiary/aromatic N) is 1. The third-order valence-corrected chi connectivity index (χ3v) is 2.87. The molecule has 1 aromatic rings. The molecular formula is C13H14FNO2. The highest BCUT2D eigenvalue weighted by Gasteiger charge is 2.23. The van der Waals surface area contributed by atoms with E-state index < -0.39 is 12.1 Å². The Balaban J connectivity index is 2.17. The fraction of sp³-hybridized carbons (Fsp3) is 0.462. The molecule has 1 heterocycles. The highest BCUT2D eigenvalue weighted by atomic mass is 19.1. The van der Waals surface area contributed by atoms with E-state index in [1.807, 2.05) is 6.92 Å². The van der Waals surface area contributed by atoms with E-state index in [0.717, 1.165) is 12.8 Å². The van der Waals surface area contributed by atoms with Crippen molar-refractivity contribution in [2.45, 2.75) is 32.2 Å². The second-order valence-electron chi connectivity index (χ2n) is 4.01. The summed E-state index contributed by atoms with van der Waals surface area (Å²) >= 11 is 0. The summed E-state index contributed by atoms with van der Waals surface area (Å²) in [4.78, 5) is 0. The van der Waals surface area contributed by atoms with Crippen molar-refractivity contribution in [1.29, 1.82) is 5.26 Å². The average molecular weight is 235 g/mol. The van der Waals surface area contributed by atoms with E-state index in [4.69, 9.17) is 14.7 Å². The maximum absolute atomic E-state index is 13.5. The van der Waals surface area contributed by atoms with E-state index in [2.05, 4.69) is 0 Å². The Morgan fingerprint density at radius 3 is 3.00 bits per heavy atom. The summed E-state index contributed by atoms with van der Waals surface area (Å²) in [5.41, 5.74) is 0.663. The number of rotatable bonds is 2. The summed E-state index contributed by atoms with van der Waals surface area (Å²) in [6.07, 6.45) is 1.42. The molecule has 4 heteroatoms. The average Bonchev–Trinajstić information content (AvgIpc) is 2.38. The van der Waals surface area contributed by atoms with Crippen LogP contribution in [0.2, 0.25) is 0 Å². The maximum atomic E-state index is 13.5. The predicted molar refractivity (Wildman–Crippen MR) is 59.6 cm³/mol. The van der Waals surface area contributed by atoms with Gasteiger partial charge in [-0.3, -0.25) is 0 Å². The van der Waals surface area contributed by atoms with Crippen LogP contribution in [-0.2, 0) is 9.47 Å². The van der Waals surface area contributed by atoms with Crippen molar-refractivity contribution in [2.24, 2.45) is 0 Å². The number of hydrogen-bond donors (Lipinski definition) is 0. The van der Waals surface area contributed by atoms with Crippen LogP contribution in [0.4, 0.5) is 4.39 Å². The van der Waals surface area contributed by atoms with Crippen LogP contribution in [0.15, 0.2) is 18.2 Å². The van der Waals surface area contributed by atoms with E-state index in [1.165, 1.54) is 12.1 Å². The fourth-order valence-electron chi connectivity index (χ4n) is 1.83.